The molecule has 27 heavy (non-hydrogen) atoms. The van der Waals surface area contributed by atoms with Crippen molar-refractivity contribution in [3.63, 3.8) is 0 Å². The number of ether oxygens (including phenoxy) is 3. The highest BCUT2D eigenvalue weighted by Gasteiger charge is 2.18. The Labute approximate surface area is 160 Å². The van der Waals surface area contributed by atoms with E-state index in [4.69, 9.17) is 14.2 Å². The summed E-state index contributed by atoms with van der Waals surface area (Å²) >= 11 is 1.28. The lowest BCUT2D eigenvalue weighted by molar-refractivity contribution is -0.122. The highest BCUT2D eigenvalue weighted by atomic mass is 32.1. The van der Waals surface area contributed by atoms with E-state index in [1.54, 1.807) is 33.3 Å². The van der Waals surface area contributed by atoms with Gasteiger partial charge in [0.05, 0.1) is 14.2 Å². The number of hydrogen-bond donors (Lipinski definition) is 1. The van der Waals surface area contributed by atoms with Crippen LogP contribution in [0.4, 0.5) is 5.13 Å². The first-order valence-corrected chi connectivity index (χ1v) is 9.01. The molecule has 8 heteroatoms. The van der Waals surface area contributed by atoms with Gasteiger partial charge < -0.3 is 14.2 Å². The minimum Gasteiger partial charge on any atom is -0.497 e. The number of carbonyl (C=O) groups is 1. The summed E-state index contributed by atoms with van der Waals surface area (Å²) in [5.74, 6) is 1.51. The average molecular weight is 385 g/mol. The molecule has 1 aromatic heterocycles. The second-order valence-corrected chi connectivity index (χ2v) is 6.52. The number of hydrogen-bond acceptors (Lipinski definition) is 7. The largest absolute Gasteiger partial charge is 0.497 e. The van der Waals surface area contributed by atoms with Gasteiger partial charge in [0.1, 0.15) is 10.8 Å². The first-order valence-electron chi connectivity index (χ1n) is 8.19. The molecule has 0 unspecified atom stereocenters. The normalized spacial score (nSPS) is 11.5. The minimum atomic E-state index is -0.727. The summed E-state index contributed by atoms with van der Waals surface area (Å²) in [7, 11) is 3.16. The number of methoxy groups -OCH3 is 2. The van der Waals surface area contributed by atoms with Crippen LogP contribution < -0.4 is 19.5 Å². The Kier molecular flexibility index (Phi) is 5.87. The molecule has 0 aliphatic rings. The lowest BCUT2D eigenvalue weighted by Gasteiger charge is -2.15. The van der Waals surface area contributed by atoms with Gasteiger partial charge in [0.2, 0.25) is 5.13 Å². The average Bonchev–Trinajstić information content (AvgIpc) is 3.16. The number of nitrogens with zero attached hydrogens (tertiary/aromatic N) is 2. The molecule has 0 aliphatic heterocycles. The number of nitrogens with one attached hydrogen (secondary N) is 1. The molecule has 0 spiro atoms. The topological polar surface area (TPSA) is 82.6 Å². The molecular formula is C19H19N3O4S. The molecule has 0 fully saturated rings. The maximum atomic E-state index is 12.4. The van der Waals surface area contributed by atoms with Crippen molar-refractivity contribution in [2.45, 2.75) is 13.0 Å². The van der Waals surface area contributed by atoms with Crippen LogP contribution >= 0.6 is 11.3 Å². The van der Waals surface area contributed by atoms with Crippen LogP contribution in [0.2, 0.25) is 0 Å². The standard InChI is InChI=1S/C19H19N3O4S/c1-12(26-16-7-5-4-6-15(16)25-3)17(23)20-19-22-21-18(27-19)13-8-10-14(24-2)11-9-13/h4-12H,1-3H3,(H,20,22,23)/t12-/m1/s1. The number of benzene rings is 2. The lowest BCUT2D eigenvalue weighted by atomic mass is 10.2. The summed E-state index contributed by atoms with van der Waals surface area (Å²) in [6.45, 7) is 1.66. The Morgan fingerprint density at radius 2 is 1.70 bits per heavy atom. The summed E-state index contributed by atoms with van der Waals surface area (Å²) in [6.07, 6.45) is -0.727. The molecular weight excluding hydrogens is 366 g/mol. The number of amides is 1. The molecule has 1 amide bonds. The molecule has 0 aliphatic carbocycles. The van der Waals surface area contributed by atoms with E-state index in [1.165, 1.54) is 11.3 Å². The molecule has 0 saturated heterocycles. The van der Waals surface area contributed by atoms with Gasteiger partial charge in [-0.15, -0.1) is 10.2 Å². The molecule has 0 bridgehead atoms. The van der Waals surface area contributed by atoms with E-state index in [2.05, 4.69) is 15.5 Å². The Bertz CT molecular complexity index is 911. The van der Waals surface area contributed by atoms with Gasteiger partial charge in [-0.05, 0) is 43.3 Å². The van der Waals surface area contributed by atoms with E-state index < -0.39 is 6.10 Å². The predicted molar refractivity (Wildman–Crippen MR) is 104 cm³/mol. The number of para-hydroxylation sites is 2. The fourth-order valence-corrected chi connectivity index (χ4v) is 3.04. The van der Waals surface area contributed by atoms with Crippen LogP contribution in [-0.4, -0.2) is 36.4 Å². The van der Waals surface area contributed by atoms with E-state index in [1.807, 2.05) is 36.4 Å². The van der Waals surface area contributed by atoms with Crippen molar-refractivity contribution in [2.75, 3.05) is 19.5 Å². The summed E-state index contributed by atoms with van der Waals surface area (Å²) < 4.78 is 16.1. The highest BCUT2D eigenvalue weighted by molar-refractivity contribution is 7.18. The van der Waals surface area contributed by atoms with Gasteiger partial charge in [-0.3, -0.25) is 10.1 Å². The highest BCUT2D eigenvalue weighted by Crippen LogP contribution is 2.29. The Balaban J connectivity index is 1.64. The Morgan fingerprint density at radius 3 is 2.37 bits per heavy atom. The first-order chi connectivity index (χ1) is 13.1. The number of carbonyl (C=O) groups excluding carboxylic acids is 1. The lowest BCUT2D eigenvalue weighted by Crippen LogP contribution is -2.30. The fourth-order valence-electron chi connectivity index (χ4n) is 2.29. The van der Waals surface area contributed by atoms with Gasteiger partial charge in [-0.1, -0.05) is 23.5 Å². The van der Waals surface area contributed by atoms with Crippen LogP contribution in [0.3, 0.4) is 0 Å². The van der Waals surface area contributed by atoms with Crippen molar-refractivity contribution in [2.24, 2.45) is 0 Å². The molecule has 3 rings (SSSR count). The number of rotatable bonds is 7. The minimum absolute atomic E-state index is 0.321. The van der Waals surface area contributed by atoms with Crippen molar-refractivity contribution in [1.29, 1.82) is 0 Å². The monoisotopic (exact) mass is 385 g/mol. The van der Waals surface area contributed by atoms with Crippen molar-refractivity contribution in [3.05, 3.63) is 48.5 Å². The van der Waals surface area contributed by atoms with Gasteiger partial charge in [0.15, 0.2) is 17.6 Å². The number of aromatic nitrogens is 2. The van der Waals surface area contributed by atoms with E-state index in [0.717, 1.165) is 11.3 Å². The van der Waals surface area contributed by atoms with Gasteiger partial charge >= 0.3 is 0 Å². The third kappa shape index (κ3) is 4.53. The van der Waals surface area contributed by atoms with Crippen molar-refractivity contribution >= 4 is 22.4 Å². The van der Waals surface area contributed by atoms with Gasteiger partial charge in [0.25, 0.3) is 5.91 Å². The van der Waals surface area contributed by atoms with Crippen LogP contribution in [0, 0.1) is 0 Å². The summed E-state index contributed by atoms with van der Waals surface area (Å²) in [6, 6.07) is 14.6. The fraction of sp³-hybridized carbons (Fsp3) is 0.211. The van der Waals surface area contributed by atoms with Gasteiger partial charge in [-0.2, -0.15) is 0 Å². The third-order valence-corrected chi connectivity index (χ3v) is 4.62. The molecule has 140 valence electrons. The van der Waals surface area contributed by atoms with Crippen LogP contribution in [0.25, 0.3) is 10.6 Å². The van der Waals surface area contributed by atoms with E-state index in [9.17, 15) is 4.79 Å². The quantitative estimate of drug-likeness (QED) is 0.669. The molecule has 1 heterocycles. The molecule has 7 nitrogen and oxygen atoms in total. The summed E-state index contributed by atoms with van der Waals surface area (Å²) in [5, 5.41) is 12.0. The second kappa shape index (κ2) is 8.50. The van der Waals surface area contributed by atoms with Crippen LogP contribution in [-0.2, 0) is 4.79 Å². The van der Waals surface area contributed by atoms with Crippen LogP contribution in [0.5, 0.6) is 17.2 Å². The maximum absolute atomic E-state index is 12.4. The zero-order chi connectivity index (χ0) is 19.2. The smallest absolute Gasteiger partial charge is 0.266 e. The van der Waals surface area contributed by atoms with E-state index >= 15 is 0 Å². The van der Waals surface area contributed by atoms with Crippen molar-refractivity contribution < 1.29 is 19.0 Å². The van der Waals surface area contributed by atoms with Gasteiger partial charge in [-0.25, -0.2) is 0 Å². The van der Waals surface area contributed by atoms with E-state index in [-0.39, 0.29) is 5.91 Å². The number of anilines is 1. The molecule has 1 atom stereocenters. The SMILES string of the molecule is COc1ccc(-c2nnc(NC(=O)[C@@H](C)Oc3ccccc3OC)s2)cc1. The zero-order valence-electron chi connectivity index (χ0n) is 15.1. The molecule has 0 saturated carbocycles. The second-order valence-electron chi connectivity index (χ2n) is 5.54. The van der Waals surface area contributed by atoms with Crippen molar-refractivity contribution in [1.82, 2.24) is 10.2 Å². The van der Waals surface area contributed by atoms with Crippen LogP contribution in [0.15, 0.2) is 48.5 Å². The molecule has 0 radical (unpaired) electrons. The zero-order valence-corrected chi connectivity index (χ0v) is 15.9. The third-order valence-electron chi connectivity index (χ3n) is 3.73. The predicted octanol–water partition coefficient (Wildman–Crippen LogP) is 3.63. The summed E-state index contributed by atoms with van der Waals surface area (Å²) in [5.41, 5.74) is 0.895. The molecule has 2 aromatic carbocycles. The Morgan fingerprint density at radius 1 is 1.00 bits per heavy atom. The molecule has 3 aromatic rings. The van der Waals surface area contributed by atoms with Crippen molar-refractivity contribution in [3.8, 4) is 27.8 Å². The first kappa shape index (κ1) is 18.7. The van der Waals surface area contributed by atoms with E-state index in [0.29, 0.717) is 21.6 Å². The Hall–Kier alpha value is -3.13. The molecule has 1 N–H and O–H groups in total. The summed E-state index contributed by atoms with van der Waals surface area (Å²) in [4.78, 5) is 12.4. The van der Waals surface area contributed by atoms with Crippen LogP contribution in [0.1, 0.15) is 6.92 Å². The van der Waals surface area contributed by atoms with Gasteiger partial charge in [0, 0.05) is 5.56 Å². The maximum Gasteiger partial charge on any atom is 0.266 e.